The highest BCUT2D eigenvalue weighted by atomic mass is 32.2. The Balaban J connectivity index is 1.56. The maximum atomic E-state index is 12.4. The number of sulfone groups is 1. The van der Waals surface area contributed by atoms with Gasteiger partial charge in [0, 0.05) is 19.5 Å². The fraction of sp³-hybridized carbons (Fsp3) is 0.316. The number of hydrogen-bond acceptors (Lipinski definition) is 3. The van der Waals surface area contributed by atoms with E-state index in [0.29, 0.717) is 13.1 Å². The number of rotatable bonds is 5. The molecule has 3 rings (SSSR count). The van der Waals surface area contributed by atoms with Gasteiger partial charge in [0.25, 0.3) is 0 Å². The number of carbonyl (C=O) groups excluding carboxylic acids is 1. The van der Waals surface area contributed by atoms with Crippen molar-refractivity contribution in [3.8, 4) is 0 Å². The number of fused-ring (bicyclic) bond motifs is 1. The highest BCUT2D eigenvalue weighted by molar-refractivity contribution is 7.90. The van der Waals surface area contributed by atoms with Crippen molar-refractivity contribution in [2.24, 2.45) is 0 Å². The quantitative estimate of drug-likeness (QED) is 0.838. The Morgan fingerprint density at radius 1 is 0.958 bits per heavy atom. The van der Waals surface area contributed by atoms with Crippen molar-refractivity contribution >= 4 is 15.7 Å². The van der Waals surface area contributed by atoms with Crippen molar-refractivity contribution in [3.63, 3.8) is 0 Å². The molecule has 2 aromatic carbocycles. The topological polar surface area (TPSA) is 54.5 Å². The first-order valence-electron chi connectivity index (χ1n) is 8.12. The third-order valence-electron chi connectivity index (χ3n) is 4.34. The summed E-state index contributed by atoms with van der Waals surface area (Å²) in [7, 11) is -3.28. The van der Waals surface area contributed by atoms with Crippen molar-refractivity contribution < 1.29 is 13.2 Å². The molecule has 0 aliphatic carbocycles. The average Bonchev–Trinajstić information content (AvgIpc) is 2.60. The second kappa shape index (κ2) is 7.18. The summed E-state index contributed by atoms with van der Waals surface area (Å²) < 4.78 is 24.4. The van der Waals surface area contributed by atoms with Gasteiger partial charge in [-0.2, -0.15) is 0 Å². The monoisotopic (exact) mass is 343 g/mol. The Kier molecular flexibility index (Phi) is 5.00. The molecule has 4 nitrogen and oxygen atoms in total. The molecule has 5 heteroatoms. The Morgan fingerprint density at radius 3 is 2.38 bits per heavy atom. The second-order valence-electron chi connectivity index (χ2n) is 6.16. The van der Waals surface area contributed by atoms with Crippen LogP contribution in [0.1, 0.15) is 23.1 Å². The van der Waals surface area contributed by atoms with Gasteiger partial charge in [0.05, 0.1) is 11.5 Å². The number of carbonyl (C=O) groups is 1. The van der Waals surface area contributed by atoms with E-state index in [9.17, 15) is 13.2 Å². The van der Waals surface area contributed by atoms with E-state index >= 15 is 0 Å². The maximum Gasteiger partial charge on any atom is 0.223 e. The van der Waals surface area contributed by atoms with Gasteiger partial charge in [-0.15, -0.1) is 0 Å². The van der Waals surface area contributed by atoms with E-state index in [1.807, 2.05) is 36.4 Å². The van der Waals surface area contributed by atoms with Crippen LogP contribution >= 0.6 is 0 Å². The van der Waals surface area contributed by atoms with Crippen molar-refractivity contribution in [2.45, 2.75) is 25.1 Å². The highest BCUT2D eigenvalue weighted by Gasteiger charge is 2.22. The van der Waals surface area contributed by atoms with Crippen LogP contribution in [0.2, 0.25) is 0 Å². The zero-order chi connectivity index (χ0) is 17.0. The number of amides is 1. The molecule has 0 saturated heterocycles. The van der Waals surface area contributed by atoms with Gasteiger partial charge in [-0.1, -0.05) is 54.6 Å². The fourth-order valence-electron chi connectivity index (χ4n) is 3.01. The molecule has 0 aromatic heterocycles. The van der Waals surface area contributed by atoms with E-state index < -0.39 is 9.84 Å². The molecule has 1 aliphatic rings. The summed E-state index contributed by atoms with van der Waals surface area (Å²) in [4.78, 5) is 14.1. The molecule has 0 N–H and O–H groups in total. The average molecular weight is 343 g/mol. The van der Waals surface area contributed by atoms with Crippen molar-refractivity contribution in [1.29, 1.82) is 0 Å². The van der Waals surface area contributed by atoms with Crippen LogP contribution in [-0.2, 0) is 33.4 Å². The summed E-state index contributed by atoms with van der Waals surface area (Å²) in [6.45, 7) is 1.24. The molecule has 0 fully saturated rings. The van der Waals surface area contributed by atoms with Crippen LogP contribution in [0.3, 0.4) is 0 Å². The SMILES string of the molecule is O=C(CCS(=O)(=O)Cc1ccccc1)N1CCc2ccccc2C1. The predicted octanol–water partition coefficient (Wildman–Crippen LogP) is 2.58. The van der Waals surface area contributed by atoms with Crippen LogP contribution in [-0.4, -0.2) is 31.5 Å². The molecule has 0 radical (unpaired) electrons. The largest absolute Gasteiger partial charge is 0.338 e. The van der Waals surface area contributed by atoms with Gasteiger partial charge in [0.2, 0.25) is 5.91 Å². The first kappa shape index (κ1) is 16.7. The third kappa shape index (κ3) is 4.23. The van der Waals surface area contributed by atoms with E-state index in [2.05, 4.69) is 6.07 Å². The van der Waals surface area contributed by atoms with Crippen LogP contribution in [0.5, 0.6) is 0 Å². The fourth-order valence-corrected chi connectivity index (χ4v) is 4.34. The molecule has 2 aromatic rings. The molecule has 0 spiro atoms. The lowest BCUT2D eigenvalue weighted by Gasteiger charge is -2.28. The molecule has 1 aliphatic heterocycles. The Bertz CT molecular complexity index is 816. The first-order valence-corrected chi connectivity index (χ1v) is 9.94. The normalized spacial score (nSPS) is 14.2. The molecule has 0 bridgehead atoms. The van der Waals surface area contributed by atoms with Gasteiger partial charge >= 0.3 is 0 Å². The van der Waals surface area contributed by atoms with E-state index in [1.54, 1.807) is 17.0 Å². The van der Waals surface area contributed by atoms with Gasteiger partial charge < -0.3 is 4.90 Å². The van der Waals surface area contributed by atoms with Gasteiger partial charge in [-0.25, -0.2) is 8.42 Å². The summed E-state index contributed by atoms with van der Waals surface area (Å²) in [6.07, 6.45) is 0.885. The van der Waals surface area contributed by atoms with Crippen LogP contribution in [0.4, 0.5) is 0 Å². The maximum absolute atomic E-state index is 12.4. The smallest absolute Gasteiger partial charge is 0.223 e. The van der Waals surface area contributed by atoms with Gasteiger partial charge in [-0.3, -0.25) is 4.79 Å². The molecule has 0 atom stereocenters. The Labute approximate surface area is 143 Å². The minimum Gasteiger partial charge on any atom is -0.338 e. The van der Waals surface area contributed by atoms with Gasteiger partial charge in [0.15, 0.2) is 9.84 Å². The molecule has 0 saturated carbocycles. The van der Waals surface area contributed by atoms with Crippen LogP contribution in [0.15, 0.2) is 54.6 Å². The minimum absolute atomic E-state index is 0.00997. The van der Waals surface area contributed by atoms with E-state index in [4.69, 9.17) is 0 Å². The molecular weight excluding hydrogens is 322 g/mol. The van der Waals surface area contributed by atoms with E-state index in [-0.39, 0.29) is 23.8 Å². The third-order valence-corrected chi connectivity index (χ3v) is 5.94. The summed E-state index contributed by atoms with van der Waals surface area (Å²) in [6, 6.07) is 17.2. The Hall–Kier alpha value is -2.14. The first-order chi connectivity index (χ1) is 11.5. The van der Waals surface area contributed by atoms with Crippen molar-refractivity contribution in [2.75, 3.05) is 12.3 Å². The lowest BCUT2D eigenvalue weighted by Crippen LogP contribution is -2.36. The number of benzene rings is 2. The number of hydrogen-bond donors (Lipinski definition) is 0. The summed E-state index contributed by atoms with van der Waals surface area (Å²) in [5, 5.41) is 0. The lowest BCUT2D eigenvalue weighted by atomic mass is 10.00. The second-order valence-corrected chi connectivity index (χ2v) is 8.35. The zero-order valence-electron chi connectivity index (χ0n) is 13.5. The Morgan fingerprint density at radius 2 is 1.62 bits per heavy atom. The van der Waals surface area contributed by atoms with E-state index in [1.165, 1.54) is 5.56 Å². The van der Waals surface area contributed by atoms with Gasteiger partial charge in [-0.05, 0) is 23.1 Å². The standard InChI is InChI=1S/C19H21NO3S/c21-19(20-12-10-17-8-4-5-9-18(17)14-20)11-13-24(22,23)15-16-6-2-1-3-7-16/h1-9H,10-15H2. The lowest BCUT2D eigenvalue weighted by molar-refractivity contribution is -0.131. The van der Waals surface area contributed by atoms with E-state index in [0.717, 1.165) is 17.5 Å². The predicted molar refractivity (Wildman–Crippen MR) is 94.1 cm³/mol. The molecule has 126 valence electrons. The minimum atomic E-state index is -3.28. The summed E-state index contributed by atoms with van der Waals surface area (Å²) >= 11 is 0. The van der Waals surface area contributed by atoms with Crippen LogP contribution in [0.25, 0.3) is 0 Å². The number of nitrogens with zero attached hydrogens (tertiary/aromatic N) is 1. The van der Waals surface area contributed by atoms with Crippen molar-refractivity contribution in [3.05, 3.63) is 71.3 Å². The summed E-state index contributed by atoms with van der Waals surface area (Å²) in [5.41, 5.74) is 3.19. The van der Waals surface area contributed by atoms with Crippen LogP contribution < -0.4 is 0 Å². The molecular formula is C19H21NO3S. The molecule has 1 amide bonds. The van der Waals surface area contributed by atoms with Crippen LogP contribution in [0, 0.1) is 0 Å². The molecule has 0 unspecified atom stereocenters. The molecule has 1 heterocycles. The zero-order valence-corrected chi connectivity index (χ0v) is 14.3. The highest BCUT2D eigenvalue weighted by Crippen LogP contribution is 2.19. The van der Waals surface area contributed by atoms with Crippen molar-refractivity contribution in [1.82, 2.24) is 4.90 Å². The van der Waals surface area contributed by atoms with Gasteiger partial charge in [0.1, 0.15) is 0 Å². The summed E-state index contributed by atoms with van der Waals surface area (Å²) in [5.74, 6) is -0.191. The molecule has 24 heavy (non-hydrogen) atoms.